The van der Waals surface area contributed by atoms with Gasteiger partial charge in [0.25, 0.3) is 0 Å². The Labute approximate surface area is 154 Å². The molecule has 1 aliphatic rings. The number of hydrogen-bond donors (Lipinski definition) is 0. The number of carbonyl (C=O) groups excluding carboxylic acids is 1. The zero-order chi connectivity index (χ0) is 19.4. The van der Waals surface area contributed by atoms with Crippen molar-refractivity contribution in [1.82, 2.24) is 9.88 Å². The van der Waals surface area contributed by atoms with E-state index in [1.807, 2.05) is 4.90 Å². The van der Waals surface area contributed by atoms with E-state index < -0.39 is 11.7 Å². The van der Waals surface area contributed by atoms with E-state index in [0.29, 0.717) is 44.8 Å². The van der Waals surface area contributed by atoms with Gasteiger partial charge in [0.1, 0.15) is 11.6 Å². The number of rotatable bonds is 4. The molecule has 1 aromatic carbocycles. The Morgan fingerprint density at radius 2 is 1.67 bits per heavy atom. The summed E-state index contributed by atoms with van der Waals surface area (Å²) in [5.74, 6) is 0.179. The Balaban J connectivity index is 1.49. The normalized spacial score (nSPS) is 15.1. The molecule has 0 spiro atoms. The lowest BCUT2D eigenvalue weighted by atomic mass is 10.1. The van der Waals surface area contributed by atoms with Crippen molar-refractivity contribution in [2.24, 2.45) is 0 Å². The summed E-state index contributed by atoms with van der Waals surface area (Å²) in [5.41, 5.74) is 0.123. The molecule has 27 heavy (non-hydrogen) atoms. The van der Waals surface area contributed by atoms with Crippen LogP contribution in [0.2, 0.25) is 0 Å². The predicted molar refractivity (Wildman–Crippen MR) is 92.8 cm³/mol. The molecule has 1 saturated heterocycles. The minimum Gasteiger partial charge on any atom is -0.353 e. The van der Waals surface area contributed by atoms with E-state index in [-0.39, 0.29) is 11.7 Å². The van der Waals surface area contributed by atoms with Gasteiger partial charge in [-0.1, -0.05) is 12.1 Å². The lowest BCUT2D eigenvalue weighted by Gasteiger charge is -2.35. The van der Waals surface area contributed by atoms with Gasteiger partial charge in [0, 0.05) is 38.8 Å². The molecule has 0 atom stereocenters. The predicted octanol–water partition coefficient (Wildman–Crippen LogP) is 3.52. The van der Waals surface area contributed by atoms with Crippen molar-refractivity contribution in [3.63, 3.8) is 0 Å². The number of piperazine rings is 1. The lowest BCUT2D eigenvalue weighted by molar-refractivity contribution is -0.137. The number of aromatic nitrogens is 1. The molecule has 1 aromatic heterocycles. The highest BCUT2D eigenvalue weighted by molar-refractivity contribution is 5.76. The van der Waals surface area contributed by atoms with Crippen molar-refractivity contribution in [2.45, 2.75) is 19.0 Å². The number of benzene rings is 1. The fourth-order valence-electron chi connectivity index (χ4n) is 2.99. The first-order valence-electron chi connectivity index (χ1n) is 8.63. The third kappa shape index (κ3) is 4.96. The summed E-state index contributed by atoms with van der Waals surface area (Å²) in [6.45, 7) is 2.01. The maximum atomic E-state index is 12.9. The second-order valence-electron chi connectivity index (χ2n) is 6.40. The van der Waals surface area contributed by atoms with Gasteiger partial charge in [-0.3, -0.25) is 4.79 Å². The Bertz CT molecular complexity index is 767. The monoisotopic (exact) mass is 381 g/mol. The van der Waals surface area contributed by atoms with Crippen molar-refractivity contribution in [3.8, 4) is 0 Å². The highest BCUT2D eigenvalue weighted by Gasteiger charge is 2.31. The summed E-state index contributed by atoms with van der Waals surface area (Å²) in [7, 11) is 0. The number of hydrogen-bond acceptors (Lipinski definition) is 3. The van der Waals surface area contributed by atoms with Crippen LogP contribution in [-0.4, -0.2) is 42.0 Å². The maximum absolute atomic E-state index is 12.9. The number of aryl methyl sites for hydroxylation is 1. The van der Waals surface area contributed by atoms with Gasteiger partial charge in [-0.15, -0.1) is 0 Å². The molecular weight excluding hydrogens is 362 g/mol. The number of nitrogens with zero attached hydrogens (tertiary/aromatic N) is 3. The number of halogens is 4. The van der Waals surface area contributed by atoms with E-state index in [1.165, 1.54) is 18.2 Å². The minimum absolute atomic E-state index is 0.0133. The molecule has 3 rings (SSSR count). The standard InChI is InChI=1S/C19H19F4N3O/c20-16-5-1-14(2-6-16)3-8-18(27)26-11-9-25(10-12-26)17-7-4-15(13-24-17)19(21,22)23/h1-2,4-7,13H,3,8-12H2. The van der Waals surface area contributed by atoms with Gasteiger partial charge in [0.15, 0.2) is 0 Å². The summed E-state index contributed by atoms with van der Waals surface area (Å²) in [5, 5.41) is 0. The molecule has 1 aliphatic heterocycles. The fraction of sp³-hybridized carbons (Fsp3) is 0.368. The van der Waals surface area contributed by atoms with E-state index in [0.717, 1.165) is 17.8 Å². The first kappa shape index (κ1) is 19.1. The van der Waals surface area contributed by atoms with E-state index in [9.17, 15) is 22.4 Å². The van der Waals surface area contributed by atoms with E-state index in [2.05, 4.69) is 4.98 Å². The van der Waals surface area contributed by atoms with Gasteiger partial charge in [-0.25, -0.2) is 9.37 Å². The zero-order valence-electron chi connectivity index (χ0n) is 14.5. The Hall–Kier alpha value is -2.64. The molecule has 1 fully saturated rings. The molecule has 8 heteroatoms. The van der Waals surface area contributed by atoms with E-state index in [4.69, 9.17) is 0 Å². The smallest absolute Gasteiger partial charge is 0.353 e. The fourth-order valence-corrected chi connectivity index (χ4v) is 2.99. The zero-order valence-corrected chi connectivity index (χ0v) is 14.5. The molecule has 0 bridgehead atoms. The summed E-state index contributed by atoms with van der Waals surface area (Å²) in [6.07, 6.45) is -2.69. The summed E-state index contributed by atoms with van der Waals surface area (Å²) < 4.78 is 50.7. The van der Waals surface area contributed by atoms with Crippen LogP contribution in [-0.2, 0) is 17.4 Å². The van der Waals surface area contributed by atoms with Crippen LogP contribution in [0.5, 0.6) is 0 Å². The largest absolute Gasteiger partial charge is 0.417 e. The average Bonchev–Trinajstić information content (AvgIpc) is 2.67. The molecule has 144 valence electrons. The van der Waals surface area contributed by atoms with E-state index in [1.54, 1.807) is 17.0 Å². The third-order valence-electron chi connectivity index (χ3n) is 4.57. The van der Waals surface area contributed by atoms with Crippen LogP contribution in [0.3, 0.4) is 0 Å². The molecule has 4 nitrogen and oxygen atoms in total. The second-order valence-corrected chi connectivity index (χ2v) is 6.40. The molecular formula is C19H19F4N3O. The van der Waals surface area contributed by atoms with Crippen LogP contribution >= 0.6 is 0 Å². The first-order valence-corrected chi connectivity index (χ1v) is 8.63. The van der Waals surface area contributed by atoms with Crippen LogP contribution in [0.15, 0.2) is 42.6 Å². The molecule has 0 aliphatic carbocycles. The van der Waals surface area contributed by atoms with Gasteiger partial charge in [0.05, 0.1) is 5.56 Å². The van der Waals surface area contributed by atoms with Crippen molar-refractivity contribution in [2.75, 3.05) is 31.1 Å². The highest BCUT2D eigenvalue weighted by Crippen LogP contribution is 2.29. The Kier molecular flexibility index (Phi) is 5.62. The molecule has 1 amide bonds. The Morgan fingerprint density at radius 3 is 2.22 bits per heavy atom. The Morgan fingerprint density at radius 1 is 1.00 bits per heavy atom. The topological polar surface area (TPSA) is 36.4 Å². The van der Waals surface area contributed by atoms with Gasteiger partial charge >= 0.3 is 6.18 Å². The SMILES string of the molecule is O=C(CCc1ccc(F)cc1)N1CCN(c2ccc(C(F)(F)F)cn2)CC1. The first-order chi connectivity index (χ1) is 12.8. The van der Waals surface area contributed by atoms with E-state index >= 15 is 0 Å². The number of carbonyl (C=O) groups is 1. The van der Waals surface area contributed by atoms with Crippen molar-refractivity contribution < 1.29 is 22.4 Å². The van der Waals surface area contributed by atoms with Crippen LogP contribution in [0.4, 0.5) is 23.4 Å². The third-order valence-corrected chi connectivity index (χ3v) is 4.57. The van der Waals surface area contributed by atoms with Crippen LogP contribution in [0.1, 0.15) is 17.5 Å². The number of pyridine rings is 1. The van der Waals surface area contributed by atoms with Crippen molar-refractivity contribution >= 4 is 11.7 Å². The van der Waals surface area contributed by atoms with Crippen molar-refractivity contribution in [3.05, 3.63) is 59.5 Å². The maximum Gasteiger partial charge on any atom is 0.417 e. The molecule has 2 heterocycles. The van der Waals surface area contributed by atoms with Gasteiger partial charge in [-0.2, -0.15) is 13.2 Å². The number of amides is 1. The summed E-state index contributed by atoms with van der Waals surface area (Å²) in [4.78, 5) is 19.8. The van der Waals surface area contributed by atoms with Gasteiger partial charge < -0.3 is 9.80 Å². The van der Waals surface area contributed by atoms with Crippen LogP contribution in [0, 0.1) is 5.82 Å². The highest BCUT2D eigenvalue weighted by atomic mass is 19.4. The van der Waals surface area contributed by atoms with Crippen LogP contribution in [0.25, 0.3) is 0 Å². The molecule has 0 unspecified atom stereocenters. The van der Waals surface area contributed by atoms with Gasteiger partial charge in [-0.05, 0) is 36.2 Å². The second kappa shape index (κ2) is 7.94. The molecule has 2 aromatic rings. The molecule has 0 radical (unpaired) electrons. The number of anilines is 1. The van der Waals surface area contributed by atoms with Crippen LogP contribution < -0.4 is 4.90 Å². The molecule has 0 saturated carbocycles. The van der Waals surface area contributed by atoms with Crippen molar-refractivity contribution in [1.29, 1.82) is 0 Å². The molecule has 0 N–H and O–H groups in total. The van der Waals surface area contributed by atoms with Gasteiger partial charge in [0.2, 0.25) is 5.91 Å². The summed E-state index contributed by atoms with van der Waals surface area (Å²) >= 11 is 0. The quantitative estimate of drug-likeness (QED) is 0.761. The average molecular weight is 381 g/mol. The number of alkyl halides is 3. The lowest BCUT2D eigenvalue weighted by Crippen LogP contribution is -2.49. The summed E-state index contributed by atoms with van der Waals surface area (Å²) in [6, 6.07) is 8.44. The minimum atomic E-state index is -4.40.